The Hall–Kier alpha value is -1.31. The van der Waals surface area contributed by atoms with Gasteiger partial charge in [-0.2, -0.15) is 4.99 Å². The van der Waals surface area contributed by atoms with Crippen LogP contribution in [0.2, 0.25) is 5.02 Å². The van der Waals surface area contributed by atoms with Gasteiger partial charge in [-0.25, -0.2) is 4.79 Å². The lowest BCUT2D eigenvalue weighted by molar-refractivity contribution is 0.475. The molecular weight excluding hydrogens is 166 g/mol. The van der Waals surface area contributed by atoms with Crippen LogP contribution in [-0.2, 0) is 4.79 Å². The molecule has 0 amide bonds. The molecule has 4 heteroatoms. The third kappa shape index (κ3) is 1.80. The Balaban J connectivity index is 3.14. The van der Waals surface area contributed by atoms with Crippen molar-refractivity contribution in [2.45, 2.75) is 0 Å². The fourth-order valence-electron chi connectivity index (χ4n) is 0.618. The minimum atomic E-state index is -0.0310. The van der Waals surface area contributed by atoms with Gasteiger partial charge >= 0.3 is 0 Å². The van der Waals surface area contributed by atoms with Crippen LogP contribution < -0.4 is 0 Å². The average molecular weight is 170 g/mol. The van der Waals surface area contributed by atoms with Gasteiger partial charge < -0.3 is 5.11 Å². The van der Waals surface area contributed by atoms with Gasteiger partial charge in [0.25, 0.3) is 0 Å². The molecule has 0 aliphatic rings. The van der Waals surface area contributed by atoms with Crippen molar-refractivity contribution in [3.8, 4) is 5.75 Å². The second-order valence-corrected chi connectivity index (χ2v) is 2.25. The van der Waals surface area contributed by atoms with Crippen molar-refractivity contribution in [2.24, 2.45) is 4.99 Å². The second kappa shape index (κ2) is 3.19. The first-order valence-electron chi connectivity index (χ1n) is 2.80. The van der Waals surface area contributed by atoms with Crippen molar-refractivity contribution >= 4 is 23.4 Å². The molecule has 0 unspecified atom stereocenters. The van der Waals surface area contributed by atoms with E-state index in [0.717, 1.165) is 0 Å². The minimum Gasteiger partial charge on any atom is -0.506 e. The highest BCUT2D eigenvalue weighted by molar-refractivity contribution is 6.32. The van der Waals surface area contributed by atoms with E-state index in [4.69, 9.17) is 16.7 Å². The number of carbonyl (C=O) groups excluding carboxylic acids is 1. The van der Waals surface area contributed by atoms with E-state index < -0.39 is 0 Å². The number of benzene rings is 1. The highest BCUT2D eigenvalue weighted by Crippen LogP contribution is 2.26. The van der Waals surface area contributed by atoms with Crippen molar-refractivity contribution < 1.29 is 9.90 Å². The first kappa shape index (κ1) is 7.79. The Kier molecular flexibility index (Phi) is 2.26. The lowest BCUT2D eigenvalue weighted by atomic mass is 10.3. The monoisotopic (exact) mass is 169 g/mol. The molecule has 0 spiro atoms. The number of hydrogen-bond donors (Lipinski definition) is 1. The summed E-state index contributed by atoms with van der Waals surface area (Å²) >= 11 is 5.51. The average Bonchev–Trinajstić information content (AvgIpc) is 1.98. The van der Waals surface area contributed by atoms with Gasteiger partial charge in [0.15, 0.2) is 0 Å². The van der Waals surface area contributed by atoms with Crippen LogP contribution in [0.5, 0.6) is 5.75 Å². The Morgan fingerprint density at radius 3 is 2.82 bits per heavy atom. The van der Waals surface area contributed by atoms with Gasteiger partial charge in [0, 0.05) is 0 Å². The summed E-state index contributed by atoms with van der Waals surface area (Å²) < 4.78 is 0. The number of aromatic hydroxyl groups is 1. The molecule has 1 rings (SSSR count). The zero-order valence-electron chi connectivity index (χ0n) is 5.41. The van der Waals surface area contributed by atoms with Crippen LogP contribution in [0.3, 0.4) is 0 Å². The quantitative estimate of drug-likeness (QED) is 0.517. The van der Waals surface area contributed by atoms with Gasteiger partial charge in [0.2, 0.25) is 6.08 Å². The lowest BCUT2D eigenvalue weighted by Crippen LogP contribution is -1.67. The highest BCUT2D eigenvalue weighted by atomic mass is 35.5. The summed E-state index contributed by atoms with van der Waals surface area (Å²) in [5, 5.41) is 9.11. The van der Waals surface area contributed by atoms with Crippen molar-refractivity contribution in [1.82, 2.24) is 0 Å². The van der Waals surface area contributed by atoms with E-state index in [1.165, 1.54) is 24.3 Å². The summed E-state index contributed by atoms with van der Waals surface area (Å²) in [7, 11) is 0. The molecule has 1 aromatic rings. The van der Waals surface area contributed by atoms with Crippen LogP contribution in [0, 0.1) is 0 Å². The molecule has 0 atom stereocenters. The number of nitrogens with zero attached hydrogens (tertiary/aromatic N) is 1. The molecule has 3 nitrogen and oxygen atoms in total. The number of rotatable bonds is 1. The van der Waals surface area contributed by atoms with Gasteiger partial charge in [-0.05, 0) is 18.2 Å². The van der Waals surface area contributed by atoms with E-state index >= 15 is 0 Å². The maximum absolute atomic E-state index is 9.77. The zero-order chi connectivity index (χ0) is 8.27. The predicted octanol–water partition coefficient (Wildman–Crippen LogP) is 2.01. The molecule has 0 radical (unpaired) electrons. The molecule has 0 fully saturated rings. The predicted molar refractivity (Wildman–Crippen MR) is 40.9 cm³/mol. The maximum Gasteiger partial charge on any atom is 0.240 e. The van der Waals surface area contributed by atoms with Crippen LogP contribution in [-0.4, -0.2) is 11.2 Å². The van der Waals surface area contributed by atoms with E-state index in [9.17, 15) is 4.79 Å². The number of isocyanates is 1. The Bertz CT molecular complexity index is 318. The molecular formula is C7H4ClNO2. The zero-order valence-corrected chi connectivity index (χ0v) is 6.17. The fraction of sp³-hybridized carbons (Fsp3) is 0. The standard InChI is InChI=1S/C7H4ClNO2/c8-6-3-5(9-4-10)1-2-7(6)11/h1-3,11H. The summed E-state index contributed by atoms with van der Waals surface area (Å²) in [5.74, 6) is -0.0310. The number of hydrogen-bond acceptors (Lipinski definition) is 3. The molecule has 0 saturated heterocycles. The lowest BCUT2D eigenvalue weighted by Gasteiger charge is -1.94. The SMILES string of the molecule is O=C=Nc1ccc(O)c(Cl)c1. The van der Waals surface area contributed by atoms with E-state index in [0.29, 0.717) is 5.69 Å². The molecule has 1 aromatic carbocycles. The number of phenols is 1. The third-order valence-corrected chi connectivity index (χ3v) is 1.41. The largest absolute Gasteiger partial charge is 0.506 e. The van der Waals surface area contributed by atoms with Crippen molar-refractivity contribution in [3.05, 3.63) is 23.2 Å². The fourth-order valence-corrected chi connectivity index (χ4v) is 0.793. The summed E-state index contributed by atoms with van der Waals surface area (Å²) in [6.45, 7) is 0. The molecule has 0 bridgehead atoms. The van der Waals surface area contributed by atoms with Crippen molar-refractivity contribution in [3.63, 3.8) is 0 Å². The molecule has 11 heavy (non-hydrogen) atoms. The minimum absolute atomic E-state index is 0.0310. The van der Waals surface area contributed by atoms with Gasteiger partial charge in [-0.3, -0.25) is 0 Å². The van der Waals surface area contributed by atoms with E-state index in [1.54, 1.807) is 0 Å². The highest BCUT2D eigenvalue weighted by Gasteiger charge is 1.97. The first-order valence-corrected chi connectivity index (χ1v) is 3.18. The van der Waals surface area contributed by atoms with Crippen LogP contribution >= 0.6 is 11.6 Å². The van der Waals surface area contributed by atoms with Crippen LogP contribution in [0.1, 0.15) is 0 Å². The van der Waals surface area contributed by atoms with Gasteiger partial charge in [-0.1, -0.05) is 11.6 Å². The maximum atomic E-state index is 9.77. The van der Waals surface area contributed by atoms with Crippen molar-refractivity contribution in [1.29, 1.82) is 0 Å². The molecule has 56 valence electrons. The Morgan fingerprint density at radius 2 is 2.27 bits per heavy atom. The van der Waals surface area contributed by atoms with Crippen LogP contribution in [0.15, 0.2) is 23.2 Å². The third-order valence-electron chi connectivity index (χ3n) is 1.11. The molecule has 1 N–H and O–H groups in total. The Morgan fingerprint density at radius 1 is 1.55 bits per heavy atom. The summed E-state index contributed by atoms with van der Waals surface area (Å²) in [6.07, 6.45) is 1.37. The van der Waals surface area contributed by atoms with Crippen molar-refractivity contribution in [2.75, 3.05) is 0 Å². The number of halogens is 1. The van der Waals surface area contributed by atoms with E-state index in [1.807, 2.05) is 0 Å². The molecule has 0 heterocycles. The molecule has 0 aliphatic heterocycles. The van der Waals surface area contributed by atoms with Gasteiger partial charge in [0.1, 0.15) is 5.75 Å². The van der Waals surface area contributed by atoms with Crippen LogP contribution in [0.4, 0.5) is 5.69 Å². The summed E-state index contributed by atoms with van der Waals surface area (Å²) in [4.78, 5) is 13.1. The van der Waals surface area contributed by atoms with E-state index in [-0.39, 0.29) is 10.8 Å². The van der Waals surface area contributed by atoms with Gasteiger partial charge in [0.05, 0.1) is 10.7 Å². The summed E-state index contributed by atoms with van der Waals surface area (Å²) in [5.41, 5.74) is 0.378. The second-order valence-electron chi connectivity index (χ2n) is 1.84. The summed E-state index contributed by atoms with van der Waals surface area (Å²) in [6, 6.07) is 4.20. The smallest absolute Gasteiger partial charge is 0.240 e. The van der Waals surface area contributed by atoms with Crippen LogP contribution in [0.25, 0.3) is 0 Å². The molecule has 0 aliphatic carbocycles. The van der Waals surface area contributed by atoms with Gasteiger partial charge in [-0.15, -0.1) is 0 Å². The normalized spacial score (nSPS) is 8.82. The Labute approximate surface area is 68.0 Å². The topological polar surface area (TPSA) is 49.7 Å². The number of phenolic OH excluding ortho intramolecular Hbond substituents is 1. The molecule has 0 saturated carbocycles. The first-order chi connectivity index (χ1) is 5.24. The number of aliphatic imine (C=N–C) groups is 1. The van der Waals surface area contributed by atoms with E-state index in [2.05, 4.69) is 4.99 Å². The molecule has 0 aromatic heterocycles.